The minimum absolute atomic E-state index is 0.631. The summed E-state index contributed by atoms with van der Waals surface area (Å²) in [5.41, 5.74) is 3.78. The molecule has 0 rings (SSSR count). The first-order valence-electron chi connectivity index (χ1n) is 11.7. The number of rotatable bonds is 13. The van der Waals surface area contributed by atoms with Crippen molar-refractivity contribution in [2.75, 3.05) is 0 Å². The van der Waals surface area contributed by atoms with Crippen LogP contribution in [0, 0.1) is 0 Å². The second kappa shape index (κ2) is 11.7. The average Bonchev–Trinajstić information content (AvgIpc) is 2.51. The number of hydrogen-bond donors (Lipinski definition) is 0. The molecule has 0 atom stereocenters. The molecule has 0 aliphatic carbocycles. The molecular formula is C22H52O2Si3. The van der Waals surface area contributed by atoms with Gasteiger partial charge in [0.05, 0.1) is 0 Å². The Labute approximate surface area is 176 Å². The molecule has 2 nitrogen and oxygen atoms in total. The summed E-state index contributed by atoms with van der Waals surface area (Å²) < 4.78 is 14.6. The van der Waals surface area contributed by atoms with Crippen LogP contribution in [0.2, 0.25) is 39.3 Å². The highest BCUT2D eigenvalue weighted by Gasteiger charge is 2.51. The smallest absolute Gasteiger partial charge is 0.300 e. The fraction of sp³-hybridized carbons (Fsp3) is 1.00. The molecule has 0 amide bonds. The fourth-order valence-corrected chi connectivity index (χ4v) is 26.3. The van der Waals surface area contributed by atoms with Crippen LogP contribution in [0.1, 0.15) is 103 Å². The molecule has 0 aromatic rings. The van der Waals surface area contributed by atoms with Crippen LogP contribution in [0.4, 0.5) is 0 Å². The summed E-state index contributed by atoms with van der Waals surface area (Å²) >= 11 is 0. The van der Waals surface area contributed by atoms with E-state index in [9.17, 15) is 0 Å². The lowest BCUT2D eigenvalue weighted by Crippen LogP contribution is -2.57. The van der Waals surface area contributed by atoms with Gasteiger partial charge in [0.25, 0.3) is 0 Å². The number of unbranched alkanes of at least 4 members (excludes halogenated alkanes) is 1. The highest BCUT2D eigenvalue weighted by Crippen LogP contribution is 2.46. The summed E-state index contributed by atoms with van der Waals surface area (Å²) in [4.78, 5) is 0. The average molecular weight is 433 g/mol. The zero-order chi connectivity index (χ0) is 21.6. The first kappa shape index (κ1) is 27.6. The van der Waals surface area contributed by atoms with E-state index in [0.717, 1.165) is 0 Å². The van der Waals surface area contributed by atoms with Gasteiger partial charge < -0.3 is 8.23 Å². The Morgan fingerprint density at radius 3 is 1.00 bits per heavy atom. The lowest BCUT2D eigenvalue weighted by Gasteiger charge is -2.49. The molecule has 5 heteroatoms. The molecule has 0 unspecified atom stereocenters. The van der Waals surface area contributed by atoms with E-state index in [1.54, 1.807) is 0 Å². The summed E-state index contributed by atoms with van der Waals surface area (Å²) in [6.07, 6.45) is 2.48. The lowest BCUT2D eigenvalue weighted by atomic mass is 10.4. The van der Waals surface area contributed by atoms with Gasteiger partial charge in [-0.2, -0.15) is 0 Å². The van der Waals surface area contributed by atoms with Gasteiger partial charge in [-0.05, 0) is 39.3 Å². The molecule has 0 aliphatic rings. The van der Waals surface area contributed by atoms with Gasteiger partial charge in [0.2, 0.25) is 0 Å². The Morgan fingerprint density at radius 2 is 0.815 bits per heavy atom. The van der Waals surface area contributed by atoms with Crippen LogP contribution in [0.3, 0.4) is 0 Å². The molecule has 27 heavy (non-hydrogen) atoms. The van der Waals surface area contributed by atoms with E-state index in [2.05, 4.69) is 90.0 Å². The quantitative estimate of drug-likeness (QED) is 0.272. The van der Waals surface area contributed by atoms with E-state index in [1.807, 2.05) is 0 Å². The molecule has 0 saturated heterocycles. The Kier molecular flexibility index (Phi) is 11.9. The minimum atomic E-state index is -1.89. The third-order valence-electron chi connectivity index (χ3n) is 6.88. The van der Waals surface area contributed by atoms with Crippen LogP contribution < -0.4 is 0 Å². The molecule has 0 bridgehead atoms. The van der Waals surface area contributed by atoms with Crippen molar-refractivity contribution in [3.8, 4) is 0 Å². The minimum Gasteiger partial charge on any atom is -0.437 e. The van der Waals surface area contributed by atoms with E-state index < -0.39 is 25.9 Å². The van der Waals surface area contributed by atoms with E-state index in [1.165, 1.54) is 18.9 Å². The Bertz CT molecular complexity index is 329. The van der Waals surface area contributed by atoms with Gasteiger partial charge in [-0.1, -0.05) is 103 Å². The Hall–Kier alpha value is 0.571. The predicted molar refractivity (Wildman–Crippen MR) is 131 cm³/mol. The van der Waals surface area contributed by atoms with Crippen LogP contribution in [0.5, 0.6) is 0 Å². The molecule has 0 heterocycles. The SMILES string of the molecule is CCCC[SiH](O[Si](C(C)C)(C(C)C)C(C)C)O[Si](C(C)C)(C(C)C)C(C)C. The topological polar surface area (TPSA) is 18.5 Å². The predicted octanol–water partition coefficient (Wildman–Crippen LogP) is 8.39. The normalized spacial score (nSPS) is 14.2. The Balaban J connectivity index is 6.03. The van der Waals surface area contributed by atoms with Gasteiger partial charge in [-0.3, -0.25) is 0 Å². The van der Waals surface area contributed by atoms with Gasteiger partial charge in [-0.25, -0.2) is 0 Å². The molecule has 0 aromatic carbocycles. The van der Waals surface area contributed by atoms with Crippen molar-refractivity contribution in [1.82, 2.24) is 0 Å². The van der Waals surface area contributed by atoms with Gasteiger partial charge in [-0.15, -0.1) is 0 Å². The van der Waals surface area contributed by atoms with Crippen LogP contribution in [0.25, 0.3) is 0 Å². The standard InChI is InChI=1S/C22H52O2Si3/c1-14-15-16-25(23-26(17(2)3,18(4)5)19(6)7)24-27(20(8)9,21(10)11)22(12)13/h17-22,25H,14-16H2,1-13H3. The highest BCUT2D eigenvalue weighted by molar-refractivity contribution is 6.86. The van der Waals surface area contributed by atoms with Crippen molar-refractivity contribution >= 4 is 25.9 Å². The Morgan fingerprint density at radius 1 is 0.556 bits per heavy atom. The molecule has 164 valence electrons. The zero-order valence-corrected chi connectivity index (χ0v) is 24.1. The van der Waals surface area contributed by atoms with E-state index >= 15 is 0 Å². The van der Waals surface area contributed by atoms with E-state index in [4.69, 9.17) is 8.23 Å². The van der Waals surface area contributed by atoms with Crippen LogP contribution >= 0.6 is 0 Å². The highest BCUT2D eigenvalue weighted by atomic mass is 28.4. The van der Waals surface area contributed by atoms with Gasteiger partial charge in [0.15, 0.2) is 16.6 Å². The second-order valence-electron chi connectivity index (χ2n) is 10.4. The van der Waals surface area contributed by atoms with E-state index in [0.29, 0.717) is 33.2 Å². The zero-order valence-electron chi connectivity index (χ0n) is 21.0. The molecule has 0 N–H and O–H groups in total. The van der Waals surface area contributed by atoms with Crippen molar-refractivity contribution < 1.29 is 8.23 Å². The molecule has 0 aliphatic heterocycles. The van der Waals surface area contributed by atoms with Crippen LogP contribution in [-0.4, -0.2) is 25.9 Å². The fourth-order valence-electron chi connectivity index (χ4n) is 5.78. The van der Waals surface area contributed by atoms with Crippen LogP contribution in [0.15, 0.2) is 0 Å². The molecule has 0 saturated carbocycles. The van der Waals surface area contributed by atoms with Crippen molar-refractivity contribution in [1.29, 1.82) is 0 Å². The summed E-state index contributed by atoms with van der Waals surface area (Å²) in [5, 5.41) is 0. The monoisotopic (exact) mass is 432 g/mol. The third-order valence-corrected chi connectivity index (χ3v) is 24.0. The summed E-state index contributed by atoms with van der Waals surface area (Å²) in [6, 6.07) is 1.18. The molecule has 0 fully saturated rings. The summed E-state index contributed by atoms with van der Waals surface area (Å²) in [5.74, 6) is 0. The van der Waals surface area contributed by atoms with Crippen molar-refractivity contribution in [2.45, 2.75) is 142 Å². The van der Waals surface area contributed by atoms with Crippen LogP contribution in [-0.2, 0) is 8.23 Å². The maximum Gasteiger partial charge on any atom is 0.300 e. The van der Waals surface area contributed by atoms with Crippen molar-refractivity contribution in [2.24, 2.45) is 0 Å². The molecule has 0 radical (unpaired) electrons. The van der Waals surface area contributed by atoms with Gasteiger partial charge in [0.1, 0.15) is 0 Å². The summed E-state index contributed by atoms with van der Waals surface area (Å²) in [7, 11) is -5.49. The first-order valence-corrected chi connectivity index (χ1v) is 17.7. The maximum atomic E-state index is 7.32. The van der Waals surface area contributed by atoms with E-state index in [-0.39, 0.29) is 0 Å². The number of hydrogen-bond acceptors (Lipinski definition) is 2. The third kappa shape index (κ3) is 6.27. The lowest BCUT2D eigenvalue weighted by molar-refractivity contribution is 0.362. The van der Waals surface area contributed by atoms with Gasteiger partial charge >= 0.3 is 9.28 Å². The molecule has 0 spiro atoms. The van der Waals surface area contributed by atoms with Crippen molar-refractivity contribution in [3.05, 3.63) is 0 Å². The second-order valence-corrected chi connectivity index (χ2v) is 24.1. The first-order chi connectivity index (χ1) is 12.3. The largest absolute Gasteiger partial charge is 0.437 e. The molecule has 0 aromatic heterocycles. The summed E-state index contributed by atoms with van der Waals surface area (Å²) in [6.45, 7) is 31.1. The maximum absolute atomic E-state index is 7.32. The molecular weight excluding hydrogens is 380 g/mol. The van der Waals surface area contributed by atoms with Crippen molar-refractivity contribution in [3.63, 3.8) is 0 Å². The van der Waals surface area contributed by atoms with Gasteiger partial charge in [0, 0.05) is 0 Å².